The summed E-state index contributed by atoms with van der Waals surface area (Å²) >= 11 is 1.65. The van der Waals surface area contributed by atoms with E-state index in [1.807, 2.05) is 43.3 Å². The molecule has 3 rings (SSSR count). The van der Waals surface area contributed by atoms with Crippen LogP contribution < -0.4 is 10.7 Å². The summed E-state index contributed by atoms with van der Waals surface area (Å²) in [7, 11) is 0. The summed E-state index contributed by atoms with van der Waals surface area (Å²) in [6.07, 6.45) is 0. The lowest BCUT2D eigenvalue weighted by Crippen LogP contribution is -2.25. The highest BCUT2D eigenvalue weighted by atomic mass is 32.2. The predicted molar refractivity (Wildman–Crippen MR) is 114 cm³/mol. The number of amidine groups is 1. The molecular weight excluding hydrogens is 356 g/mol. The second-order valence-corrected chi connectivity index (χ2v) is 7.60. The minimum Gasteiger partial charge on any atom is -0.350 e. The summed E-state index contributed by atoms with van der Waals surface area (Å²) in [5, 5.41) is 8.20. The lowest BCUT2D eigenvalue weighted by molar-refractivity contribution is -0.119. The van der Waals surface area contributed by atoms with Crippen LogP contribution in [-0.4, -0.2) is 22.5 Å². The van der Waals surface area contributed by atoms with Crippen molar-refractivity contribution in [3.8, 4) is 0 Å². The molecule has 1 amide bonds. The molecule has 0 spiro atoms. The number of amides is 1. The van der Waals surface area contributed by atoms with Crippen LogP contribution in [0.4, 0.5) is 5.69 Å². The average Bonchev–Trinajstić information content (AvgIpc) is 2.66. The molecule has 0 aromatic heterocycles. The van der Waals surface area contributed by atoms with Gasteiger partial charge in [0.25, 0.3) is 0 Å². The van der Waals surface area contributed by atoms with Crippen LogP contribution in [0, 0.1) is 13.8 Å². The minimum atomic E-state index is -0.0282. The van der Waals surface area contributed by atoms with Gasteiger partial charge in [0.05, 0.1) is 17.4 Å². The van der Waals surface area contributed by atoms with E-state index in [0.717, 1.165) is 33.4 Å². The van der Waals surface area contributed by atoms with Crippen molar-refractivity contribution in [2.75, 3.05) is 5.75 Å². The lowest BCUT2D eigenvalue weighted by Gasteiger charge is -2.17. The van der Waals surface area contributed by atoms with Gasteiger partial charge in [0.1, 0.15) is 0 Å². The average molecular weight is 381 g/mol. The zero-order valence-electron chi connectivity index (χ0n) is 16.0. The van der Waals surface area contributed by atoms with Gasteiger partial charge in [0, 0.05) is 12.7 Å². The van der Waals surface area contributed by atoms with E-state index in [1.165, 1.54) is 18.1 Å². The molecule has 0 saturated carbocycles. The molecule has 1 unspecified atom stereocenters. The second kappa shape index (κ2) is 8.39. The van der Waals surface area contributed by atoms with Crippen molar-refractivity contribution in [2.24, 2.45) is 10.1 Å². The third-order valence-electron chi connectivity index (χ3n) is 4.59. The van der Waals surface area contributed by atoms with E-state index in [9.17, 15) is 4.79 Å². The number of aryl methyl sites for hydroxylation is 1. The number of hydrogen-bond acceptors (Lipinski definition) is 4. The summed E-state index contributed by atoms with van der Waals surface area (Å²) in [4.78, 5) is 15.9. The van der Waals surface area contributed by atoms with Gasteiger partial charge >= 0.3 is 0 Å². The Morgan fingerprint density at radius 3 is 2.59 bits per heavy atom. The van der Waals surface area contributed by atoms with Gasteiger partial charge in [0.2, 0.25) is 5.91 Å². The third kappa shape index (κ3) is 4.77. The molecule has 2 aromatic carbocycles. The standard InChI is InChI=1S/C21H24N4OS/c1-13-6-5-7-19(14(13)2)23-21-25-24-20(12-27-21)18-10-8-17(9-11-18)15(3)22-16(4)26/h5-11,15H,12H2,1-4H3,(H,22,26)(H,23,25). The molecule has 0 saturated heterocycles. The van der Waals surface area contributed by atoms with Crippen LogP contribution in [0.15, 0.2) is 52.6 Å². The molecule has 2 N–H and O–H groups in total. The molecule has 27 heavy (non-hydrogen) atoms. The fraction of sp³-hybridized carbons (Fsp3) is 0.286. The first-order chi connectivity index (χ1) is 12.9. The van der Waals surface area contributed by atoms with Gasteiger partial charge in [-0.2, -0.15) is 5.10 Å². The number of carbonyl (C=O) groups is 1. The monoisotopic (exact) mass is 380 g/mol. The minimum absolute atomic E-state index is 0.00588. The van der Waals surface area contributed by atoms with Crippen molar-refractivity contribution in [3.63, 3.8) is 0 Å². The molecule has 1 aliphatic heterocycles. The van der Waals surface area contributed by atoms with Gasteiger partial charge in [-0.15, -0.1) is 0 Å². The van der Waals surface area contributed by atoms with Crippen molar-refractivity contribution in [1.82, 2.24) is 10.7 Å². The number of carbonyl (C=O) groups excluding carboxylic acids is 1. The maximum absolute atomic E-state index is 11.2. The molecular formula is C21H24N4OS. The van der Waals surface area contributed by atoms with Crippen LogP contribution in [0.1, 0.15) is 42.1 Å². The van der Waals surface area contributed by atoms with Gasteiger partial charge in [-0.1, -0.05) is 48.2 Å². The number of benzene rings is 2. The van der Waals surface area contributed by atoms with E-state index < -0.39 is 0 Å². The fourth-order valence-electron chi connectivity index (χ4n) is 2.84. The summed E-state index contributed by atoms with van der Waals surface area (Å²) < 4.78 is 0. The fourth-order valence-corrected chi connectivity index (χ4v) is 3.62. The molecule has 6 heteroatoms. The van der Waals surface area contributed by atoms with E-state index >= 15 is 0 Å². The van der Waals surface area contributed by atoms with E-state index in [2.05, 4.69) is 35.8 Å². The van der Waals surface area contributed by atoms with Gasteiger partial charge in [0.15, 0.2) is 5.17 Å². The van der Waals surface area contributed by atoms with Crippen LogP contribution in [0.3, 0.4) is 0 Å². The Morgan fingerprint density at radius 2 is 1.96 bits per heavy atom. The number of thioether (sulfide) groups is 1. The van der Waals surface area contributed by atoms with Crippen LogP contribution in [-0.2, 0) is 4.79 Å². The maximum Gasteiger partial charge on any atom is 0.217 e. The van der Waals surface area contributed by atoms with E-state index in [-0.39, 0.29) is 11.9 Å². The van der Waals surface area contributed by atoms with E-state index in [0.29, 0.717) is 0 Å². The SMILES string of the molecule is CC(=O)NC(C)c1ccc(C2=NNC(=Nc3cccc(C)c3C)SC2)cc1. The molecule has 0 aliphatic carbocycles. The highest BCUT2D eigenvalue weighted by Crippen LogP contribution is 2.24. The summed E-state index contributed by atoms with van der Waals surface area (Å²) in [6.45, 7) is 7.68. The first-order valence-corrected chi connectivity index (χ1v) is 9.90. The van der Waals surface area contributed by atoms with Crippen molar-refractivity contribution in [3.05, 3.63) is 64.7 Å². The summed E-state index contributed by atoms with van der Waals surface area (Å²) in [6, 6.07) is 14.3. The van der Waals surface area contributed by atoms with Crippen LogP contribution >= 0.6 is 11.8 Å². The molecule has 1 heterocycles. The Hall–Kier alpha value is -2.60. The smallest absolute Gasteiger partial charge is 0.217 e. The molecule has 0 radical (unpaired) electrons. The predicted octanol–water partition coefficient (Wildman–Crippen LogP) is 4.23. The highest BCUT2D eigenvalue weighted by molar-refractivity contribution is 8.14. The summed E-state index contributed by atoms with van der Waals surface area (Å²) in [5.74, 6) is 0.733. The van der Waals surface area contributed by atoms with Crippen molar-refractivity contribution < 1.29 is 4.79 Å². The molecule has 1 atom stereocenters. The van der Waals surface area contributed by atoms with Crippen molar-refractivity contribution in [1.29, 1.82) is 0 Å². The lowest BCUT2D eigenvalue weighted by atomic mass is 10.0. The Bertz CT molecular complexity index is 903. The molecule has 5 nitrogen and oxygen atoms in total. The largest absolute Gasteiger partial charge is 0.350 e. The number of aliphatic imine (C=N–C) groups is 1. The molecule has 0 fully saturated rings. The van der Waals surface area contributed by atoms with Gasteiger partial charge in [-0.25, -0.2) is 4.99 Å². The van der Waals surface area contributed by atoms with Crippen molar-refractivity contribution in [2.45, 2.75) is 33.7 Å². The Labute approximate surface area is 164 Å². The molecule has 0 bridgehead atoms. The topological polar surface area (TPSA) is 65.8 Å². The van der Waals surface area contributed by atoms with Gasteiger partial charge in [-0.05, 0) is 49.1 Å². The molecule has 1 aliphatic rings. The van der Waals surface area contributed by atoms with Crippen LogP contribution in [0.2, 0.25) is 0 Å². The number of rotatable bonds is 4. The number of hydrazone groups is 1. The number of nitrogens with one attached hydrogen (secondary N) is 2. The number of nitrogens with zero attached hydrogens (tertiary/aromatic N) is 2. The normalized spacial score (nSPS) is 16.4. The quantitative estimate of drug-likeness (QED) is 0.834. The van der Waals surface area contributed by atoms with Gasteiger partial charge < -0.3 is 5.32 Å². The van der Waals surface area contributed by atoms with Crippen LogP contribution in [0.5, 0.6) is 0 Å². The Morgan fingerprint density at radius 1 is 1.22 bits per heavy atom. The highest BCUT2D eigenvalue weighted by Gasteiger charge is 2.14. The zero-order valence-corrected chi connectivity index (χ0v) is 16.9. The van der Waals surface area contributed by atoms with Gasteiger partial charge in [-0.3, -0.25) is 10.2 Å². The van der Waals surface area contributed by atoms with E-state index in [1.54, 1.807) is 11.8 Å². The zero-order chi connectivity index (χ0) is 19.4. The van der Waals surface area contributed by atoms with E-state index in [4.69, 9.17) is 4.99 Å². The van der Waals surface area contributed by atoms with Crippen molar-refractivity contribution >= 4 is 34.2 Å². The number of hydrogen-bond donors (Lipinski definition) is 2. The third-order valence-corrected chi connectivity index (χ3v) is 5.47. The molecule has 2 aromatic rings. The van der Waals surface area contributed by atoms with Crippen LogP contribution in [0.25, 0.3) is 0 Å². The first kappa shape index (κ1) is 19.2. The summed E-state index contributed by atoms with van der Waals surface area (Å²) in [5.41, 5.74) is 9.59. The first-order valence-electron chi connectivity index (χ1n) is 8.91. The second-order valence-electron chi connectivity index (χ2n) is 6.64. The molecule has 140 valence electrons. The Balaban J connectivity index is 1.71. The maximum atomic E-state index is 11.2. The Kier molecular flexibility index (Phi) is 5.96.